The predicted molar refractivity (Wildman–Crippen MR) is 90.4 cm³/mol. The van der Waals surface area contributed by atoms with Crippen molar-refractivity contribution in [1.29, 1.82) is 5.26 Å². The maximum absolute atomic E-state index is 11.2. The van der Waals surface area contributed by atoms with Gasteiger partial charge >= 0.3 is 6.09 Å². The van der Waals surface area contributed by atoms with Gasteiger partial charge < -0.3 is 15.2 Å². The molecule has 1 amide bonds. The van der Waals surface area contributed by atoms with Gasteiger partial charge in [0.1, 0.15) is 24.0 Å². The monoisotopic (exact) mass is 368 g/mol. The SMILES string of the molecule is N#Cc1c(NS(N)(=O)=O)cccc1OCC1(NC(=O)O)CCCCC1. The molecule has 0 heterocycles. The van der Waals surface area contributed by atoms with Gasteiger partial charge in [0, 0.05) is 0 Å². The Morgan fingerprint density at radius 1 is 1.36 bits per heavy atom. The van der Waals surface area contributed by atoms with Crippen LogP contribution >= 0.6 is 0 Å². The summed E-state index contributed by atoms with van der Waals surface area (Å²) < 4.78 is 30.2. The van der Waals surface area contributed by atoms with Crippen molar-refractivity contribution < 1.29 is 23.1 Å². The number of carbonyl (C=O) groups is 1. The van der Waals surface area contributed by atoms with Crippen LogP contribution in [0.4, 0.5) is 10.5 Å². The van der Waals surface area contributed by atoms with E-state index >= 15 is 0 Å². The lowest BCUT2D eigenvalue weighted by molar-refractivity contribution is 0.121. The third kappa shape index (κ3) is 5.23. The van der Waals surface area contributed by atoms with Gasteiger partial charge in [-0.1, -0.05) is 25.3 Å². The largest absolute Gasteiger partial charge is 0.490 e. The standard InChI is InChI=1S/C15H20N4O5S/c16-9-11-12(19-25(17,22)23)5-4-6-13(11)24-10-15(18-14(20)21)7-2-1-3-8-15/h4-6,18-19H,1-3,7-8,10H2,(H,20,21)(H2,17,22,23). The molecule has 0 unspecified atom stereocenters. The van der Waals surface area contributed by atoms with Gasteiger partial charge in [-0.2, -0.15) is 13.7 Å². The van der Waals surface area contributed by atoms with E-state index in [2.05, 4.69) is 10.0 Å². The first kappa shape index (κ1) is 18.8. The highest BCUT2D eigenvalue weighted by molar-refractivity contribution is 7.90. The second kappa shape index (κ2) is 7.58. The normalized spacial score (nSPS) is 16.5. The summed E-state index contributed by atoms with van der Waals surface area (Å²) in [5, 5.41) is 25.9. The van der Waals surface area contributed by atoms with Gasteiger partial charge in [0.25, 0.3) is 10.2 Å². The minimum Gasteiger partial charge on any atom is -0.490 e. The fourth-order valence-corrected chi connectivity index (χ4v) is 3.46. The third-order valence-corrected chi connectivity index (χ3v) is 4.58. The summed E-state index contributed by atoms with van der Waals surface area (Å²) in [6.45, 7) is 0.0484. The van der Waals surface area contributed by atoms with Gasteiger partial charge in [0.15, 0.2) is 0 Å². The predicted octanol–water partition coefficient (Wildman–Crippen LogP) is 1.52. The molecule has 10 heteroatoms. The number of carboxylic acid groups (broad SMARTS) is 1. The highest BCUT2D eigenvalue weighted by Crippen LogP contribution is 2.31. The van der Waals surface area contributed by atoms with Gasteiger partial charge in [-0.3, -0.25) is 4.72 Å². The molecule has 136 valence electrons. The van der Waals surface area contributed by atoms with Crippen molar-refractivity contribution >= 4 is 22.0 Å². The molecule has 0 saturated heterocycles. The molecule has 0 radical (unpaired) electrons. The zero-order valence-electron chi connectivity index (χ0n) is 13.5. The number of ether oxygens (including phenoxy) is 1. The first-order valence-corrected chi connectivity index (χ1v) is 9.27. The van der Waals surface area contributed by atoms with Crippen LogP contribution in [0, 0.1) is 11.3 Å². The molecule has 0 spiro atoms. The molecule has 25 heavy (non-hydrogen) atoms. The lowest BCUT2D eigenvalue weighted by Gasteiger charge is -2.36. The number of anilines is 1. The number of nitrogens with zero attached hydrogens (tertiary/aromatic N) is 1. The summed E-state index contributed by atoms with van der Waals surface area (Å²) in [4.78, 5) is 11.1. The van der Waals surface area contributed by atoms with Crippen LogP contribution in [0.15, 0.2) is 18.2 Å². The van der Waals surface area contributed by atoms with Crippen LogP contribution < -0.4 is 19.9 Å². The van der Waals surface area contributed by atoms with Crippen LogP contribution in [-0.2, 0) is 10.2 Å². The molecule has 1 saturated carbocycles. The average Bonchev–Trinajstić information content (AvgIpc) is 2.52. The Kier molecular flexibility index (Phi) is 5.71. The molecule has 1 aliphatic rings. The van der Waals surface area contributed by atoms with Crippen molar-refractivity contribution in [3.63, 3.8) is 0 Å². The van der Waals surface area contributed by atoms with Gasteiger partial charge in [0.05, 0.1) is 11.2 Å². The van der Waals surface area contributed by atoms with Crippen molar-refractivity contribution in [2.45, 2.75) is 37.6 Å². The Labute approximate surface area is 146 Å². The van der Waals surface area contributed by atoms with E-state index < -0.39 is 21.8 Å². The second-order valence-electron chi connectivity index (χ2n) is 6.00. The van der Waals surface area contributed by atoms with Crippen LogP contribution in [0.25, 0.3) is 0 Å². The van der Waals surface area contributed by atoms with Crippen LogP contribution in [0.5, 0.6) is 5.75 Å². The second-order valence-corrected chi connectivity index (χ2v) is 7.29. The molecule has 5 N–H and O–H groups in total. The first-order chi connectivity index (χ1) is 11.7. The highest BCUT2D eigenvalue weighted by atomic mass is 32.2. The fraction of sp³-hybridized carbons (Fsp3) is 0.467. The van der Waals surface area contributed by atoms with E-state index in [9.17, 15) is 18.5 Å². The molecule has 1 aromatic rings. The summed E-state index contributed by atoms with van der Waals surface area (Å²) >= 11 is 0. The maximum Gasteiger partial charge on any atom is 0.405 e. The summed E-state index contributed by atoms with van der Waals surface area (Å²) in [7, 11) is -4.04. The summed E-state index contributed by atoms with van der Waals surface area (Å²) in [5.41, 5.74) is -0.732. The van der Waals surface area contributed by atoms with Crippen molar-refractivity contribution in [2.24, 2.45) is 5.14 Å². The molecule has 0 atom stereocenters. The lowest BCUT2D eigenvalue weighted by Crippen LogP contribution is -2.53. The van der Waals surface area contributed by atoms with Gasteiger partial charge in [0.2, 0.25) is 0 Å². The Balaban J connectivity index is 2.22. The van der Waals surface area contributed by atoms with Gasteiger partial charge in [-0.25, -0.2) is 9.93 Å². The first-order valence-electron chi connectivity index (χ1n) is 7.72. The Bertz CT molecular complexity index is 782. The Morgan fingerprint density at radius 3 is 2.60 bits per heavy atom. The minimum atomic E-state index is -4.04. The number of nitriles is 1. The number of nitrogens with two attached hydrogens (primary N) is 1. The van der Waals surface area contributed by atoms with E-state index in [1.807, 2.05) is 6.07 Å². The van der Waals surface area contributed by atoms with Crippen LogP contribution in [0.3, 0.4) is 0 Å². The molecule has 1 aliphatic carbocycles. The number of rotatable bonds is 6. The molecular formula is C15H20N4O5S. The molecule has 9 nitrogen and oxygen atoms in total. The van der Waals surface area contributed by atoms with E-state index in [-0.39, 0.29) is 23.6 Å². The van der Waals surface area contributed by atoms with Gasteiger partial charge in [-0.05, 0) is 25.0 Å². The molecule has 0 aliphatic heterocycles. The number of hydrogen-bond donors (Lipinski definition) is 4. The van der Waals surface area contributed by atoms with E-state index in [0.29, 0.717) is 12.8 Å². The summed E-state index contributed by atoms with van der Waals surface area (Å²) in [5.74, 6) is 0.160. The van der Waals surface area contributed by atoms with Crippen molar-refractivity contribution in [2.75, 3.05) is 11.3 Å². The molecular weight excluding hydrogens is 348 g/mol. The van der Waals surface area contributed by atoms with E-state index in [1.165, 1.54) is 18.2 Å². The Morgan fingerprint density at radius 2 is 2.04 bits per heavy atom. The summed E-state index contributed by atoms with van der Waals surface area (Å²) in [6, 6.07) is 6.31. The molecule has 0 bridgehead atoms. The number of amides is 1. The average molecular weight is 368 g/mol. The molecule has 2 rings (SSSR count). The topological polar surface area (TPSA) is 155 Å². The van der Waals surface area contributed by atoms with Crippen molar-refractivity contribution in [1.82, 2.24) is 5.32 Å². The zero-order valence-corrected chi connectivity index (χ0v) is 14.3. The smallest absolute Gasteiger partial charge is 0.405 e. The molecule has 0 aromatic heterocycles. The fourth-order valence-electron chi connectivity index (χ4n) is 2.98. The molecule has 1 aromatic carbocycles. The van der Waals surface area contributed by atoms with Gasteiger partial charge in [-0.15, -0.1) is 0 Å². The third-order valence-electron chi connectivity index (χ3n) is 4.08. The minimum absolute atomic E-state index is 0.00591. The van der Waals surface area contributed by atoms with E-state index in [1.54, 1.807) is 0 Å². The lowest BCUT2D eigenvalue weighted by atomic mass is 9.82. The van der Waals surface area contributed by atoms with E-state index in [4.69, 9.17) is 15.0 Å². The van der Waals surface area contributed by atoms with E-state index in [0.717, 1.165) is 19.3 Å². The van der Waals surface area contributed by atoms with Crippen LogP contribution in [0.1, 0.15) is 37.7 Å². The van der Waals surface area contributed by atoms with Crippen molar-refractivity contribution in [3.05, 3.63) is 23.8 Å². The quantitative estimate of drug-likeness (QED) is 0.597. The number of hydrogen-bond acceptors (Lipinski definition) is 5. The summed E-state index contributed by atoms with van der Waals surface area (Å²) in [6.07, 6.45) is 2.92. The number of benzene rings is 1. The zero-order chi connectivity index (χ0) is 18.5. The van der Waals surface area contributed by atoms with Crippen LogP contribution in [-0.4, -0.2) is 31.8 Å². The number of nitrogens with one attached hydrogen (secondary N) is 2. The van der Waals surface area contributed by atoms with Crippen molar-refractivity contribution in [3.8, 4) is 11.8 Å². The highest BCUT2D eigenvalue weighted by Gasteiger charge is 2.35. The molecule has 1 fully saturated rings. The Hall–Kier alpha value is -2.51. The van der Waals surface area contributed by atoms with Crippen LogP contribution in [0.2, 0.25) is 0 Å². The maximum atomic E-state index is 11.2.